The molecule has 1 fully saturated rings. The molecular weight excluding hydrogens is 166 g/mol. The van der Waals surface area contributed by atoms with Gasteiger partial charge in [-0.1, -0.05) is 0 Å². The molecule has 0 aromatic carbocycles. The molecule has 66 valence electrons. The van der Waals surface area contributed by atoms with Gasteiger partial charge >= 0.3 is 0 Å². The molecule has 1 rings (SSSR count). The van der Waals surface area contributed by atoms with Crippen molar-refractivity contribution in [3.8, 4) is 0 Å². The Morgan fingerprint density at radius 2 is 1.91 bits per heavy atom. The summed E-state index contributed by atoms with van der Waals surface area (Å²) in [6, 6.07) is 0. The van der Waals surface area contributed by atoms with E-state index in [1.54, 1.807) is 0 Å². The highest BCUT2D eigenvalue weighted by Crippen LogP contribution is 2.18. The Morgan fingerprint density at radius 3 is 2.36 bits per heavy atom. The molecule has 0 bridgehead atoms. The zero-order valence-corrected chi connectivity index (χ0v) is 7.14. The summed E-state index contributed by atoms with van der Waals surface area (Å²) < 4.78 is 21.9. The van der Waals surface area contributed by atoms with Crippen LogP contribution in [0.1, 0.15) is 12.8 Å². The van der Waals surface area contributed by atoms with Crippen LogP contribution in [-0.2, 0) is 14.7 Å². The Kier molecular flexibility index (Phi) is 2.86. The number of hydrogen-bond donors (Lipinski definition) is 1. The fourth-order valence-electron chi connectivity index (χ4n) is 1.24. The van der Waals surface area contributed by atoms with E-state index in [-0.39, 0.29) is 0 Å². The van der Waals surface area contributed by atoms with Crippen LogP contribution >= 0.6 is 0 Å². The molecule has 0 saturated carbocycles. The molecule has 2 N–H and O–H groups in total. The third-order valence-corrected chi connectivity index (χ3v) is 3.72. The van der Waals surface area contributed by atoms with Gasteiger partial charge in [-0.3, -0.25) is 0 Å². The van der Waals surface area contributed by atoms with Crippen molar-refractivity contribution >= 4 is 9.84 Å². The third kappa shape index (κ3) is 2.76. The molecule has 0 aromatic rings. The average molecular weight is 179 g/mol. The largest absolute Gasteiger partial charge is 0.304 e. The van der Waals surface area contributed by atoms with Crippen LogP contribution in [0, 0.1) is 5.92 Å². The van der Waals surface area contributed by atoms with Gasteiger partial charge in [-0.05, 0) is 18.8 Å². The second-order valence-electron chi connectivity index (χ2n) is 2.93. The molecule has 0 aromatic heterocycles. The van der Waals surface area contributed by atoms with Gasteiger partial charge in [0.25, 0.3) is 0 Å². The first-order valence-electron chi connectivity index (χ1n) is 3.66. The molecule has 1 aliphatic rings. The number of hydrogen-bond acceptors (Lipinski definition) is 4. The normalized spacial score (nSPS) is 25.2. The third-order valence-electron chi connectivity index (χ3n) is 2.01. The van der Waals surface area contributed by atoms with E-state index in [4.69, 9.17) is 5.90 Å². The van der Waals surface area contributed by atoms with Gasteiger partial charge in [0.2, 0.25) is 0 Å². The predicted molar refractivity (Wildman–Crippen MR) is 41.5 cm³/mol. The molecule has 0 unspecified atom stereocenters. The maximum atomic E-state index is 10.9. The Bertz CT molecular complexity index is 198. The van der Waals surface area contributed by atoms with Crippen molar-refractivity contribution in [1.29, 1.82) is 0 Å². The van der Waals surface area contributed by atoms with Crippen molar-refractivity contribution in [3.05, 3.63) is 0 Å². The van der Waals surface area contributed by atoms with Gasteiger partial charge in [-0.2, -0.15) is 0 Å². The minimum atomic E-state index is -2.73. The second kappa shape index (κ2) is 3.51. The Hall–Kier alpha value is -0.130. The first kappa shape index (κ1) is 8.96. The molecule has 0 atom stereocenters. The van der Waals surface area contributed by atoms with E-state index < -0.39 is 9.84 Å². The van der Waals surface area contributed by atoms with Crippen molar-refractivity contribution in [2.24, 2.45) is 11.8 Å². The van der Waals surface area contributed by atoms with E-state index >= 15 is 0 Å². The Morgan fingerprint density at radius 1 is 1.36 bits per heavy atom. The van der Waals surface area contributed by atoms with Crippen molar-refractivity contribution in [2.45, 2.75) is 12.8 Å². The molecule has 11 heavy (non-hydrogen) atoms. The molecule has 0 amide bonds. The molecule has 0 aliphatic carbocycles. The molecular formula is C6H13NO3S. The quantitative estimate of drug-likeness (QED) is 0.591. The SMILES string of the molecule is NOCC1CCS(=O)(=O)CC1. The summed E-state index contributed by atoms with van der Waals surface area (Å²) >= 11 is 0. The first-order chi connectivity index (χ1) is 5.14. The van der Waals surface area contributed by atoms with E-state index in [0.29, 0.717) is 36.9 Å². The van der Waals surface area contributed by atoms with Crippen LogP contribution in [0.15, 0.2) is 0 Å². The molecule has 0 radical (unpaired) electrons. The Labute approximate surface area is 66.6 Å². The lowest BCUT2D eigenvalue weighted by atomic mass is 10.1. The maximum Gasteiger partial charge on any atom is 0.150 e. The summed E-state index contributed by atoms with van der Waals surface area (Å²) in [6.07, 6.45) is 1.39. The van der Waals surface area contributed by atoms with Crippen LogP contribution in [0.4, 0.5) is 0 Å². The number of rotatable bonds is 2. The molecule has 0 spiro atoms. The van der Waals surface area contributed by atoms with E-state index in [1.165, 1.54) is 0 Å². The average Bonchev–Trinajstić information content (AvgIpc) is 1.94. The van der Waals surface area contributed by atoms with Crippen molar-refractivity contribution in [2.75, 3.05) is 18.1 Å². The lowest BCUT2D eigenvalue weighted by molar-refractivity contribution is 0.0975. The highest BCUT2D eigenvalue weighted by Gasteiger charge is 2.23. The van der Waals surface area contributed by atoms with Crippen molar-refractivity contribution in [1.82, 2.24) is 0 Å². The zero-order chi connectivity index (χ0) is 8.32. The Balaban J connectivity index is 2.36. The van der Waals surface area contributed by atoms with Crippen LogP contribution < -0.4 is 5.90 Å². The second-order valence-corrected chi connectivity index (χ2v) is 5.23. The molecule has 1 saturated heterocycles. The van der Waals surface area contributed by atoms with Crippen molar-refractivity contribution < 1.29 is 13.3 Å². The highest BCUT2D eigenvalue weighted by atomic mass is 32.2. The van der Waals surface area contributed by atoms with E-state index in [9.17, 15) is 8.42 Å². The lowest BCUT2D eigenvalue weighted by Crippen LogP contribution is -2.26. The summed E-state index contributed by atoms with van der Waals surface area (Å²) in [4.78, 5) is 4.45. The van der Waals surface area contributed by atoms with E-state index in [0.717, 1.165) is 0 Å². The summed E-state index contributed by atoms with van der Waals surface area (Å²) in [5.74, 6) is 5.80. The summed E-state index contributed by atoms with van der Waals surface area (Å²) in [5.41, 5.74) is 0. The summed E-state index contributed by atoms with van der Waals surface area (Å²) in [6.45, 7) is 0.482. The molecule has 1 aliphatic heterocycles. The van der Waals surface area contributed by atoms with Gasteiger partial charge in [0.05, 0.1) is 18.1 Å². The fourth-order valence-corrected chi connectivity index (χ4v) is 2.83. The lowest BCUT2D eigenvalue weighted by Gasteiger charge is -2.20. The summed E-state index contributed by atoms with van der Waals surface area (Å²) in [5, 5.41) is 0. The smallest absolute Gasteiger partial charge is 0.150 e. The number of nitrogens with two attached hydrogens (primary N) is 1. The number of sulfone groups is 1. The predicted octanol–water partition coefficient (Wildman–Crippen LogP) is -0.298. The standard InChI is InChI=1S/C6H13NO3S/c7-10-5-6-1-3-11(8,9)4-2-6/h6H,1-5,7H2. The molecule has 5 heteroatoms. The van der Waals surface area contributed by atoms with Crippen molar-refractivity contribution in [3.63, 3.8) is 0 Å². The minimum absolute atomic E-state index is 0.293. The monoisotopic (exact) mass is 179 g/mol. The highest BCUT2D eigenvalue weighted by molar-refractivity contribution is 7.91. The van der Waals surface area contributed by atoms with E-state index in [2.05, 4.69) is 4.84 Å². The van der Waals surface area contributed by atoms with Crippen LogP contribution in [0.5, 0.6) is 0 Å². The molecule has 4 nitrogen and oxygen atoms in total. The van der Waals surface area contributed by atoms with Crippen LogP contribution in [0.25, 0.3) is 0 Å². The zero-order valence-electron chi connectivity index (χ0n) is 6.32. The van der Waals surface area contributed by atoms with E-state index in [1.807, 2.05) is 0 Å². The first-order valence-corrected chi connectivity index (χ1v) is 5.48. The van der Waals surface area contributed by atoms with Crippen LogP contribution in [0.2, 0.25) is 0 Å². The van der Waals surface area contributed by atoms with Gasteiger partial charge in [-0.25, -0.2) is 14.3 Å². The molecule has 1 heterocycles. The minimum Gasteiger partial charge on any atom is -0.304 e. The van der Waals surface area contributed by atoms with Gasteiger partial charge in [0.15, 0.2) is 0 Å². The fraction of sp³-hybridized carbons (Fsp3) is 1.00. The van der Waals surface area contributed by atoms with Crippen LogP contribution in [0.3, 0.4) is 0 Å². The van der Waals surface area contributed by atoms with Gasteiger partial charge in [0, 0.05) is 0 Å². The van der Waals surface area contributed by atoms with Gasteiger partial charge < -0.3 is 4.84 Å². The summed E-state index contributed by atoms with van der Waals surface area (Å²) in [7, 11) is -2.73. The van der Waals surface area contributed by atoms with Gasteiger partial charge in [0.1, 0.15) is 9.84 Å². The van der Waals surface area contributed by atoms with Crippen LogP contribution in [-0.4, -0.2) is 26.5 Å². The maximum absolute atomic E-state index is 10.9. The topological polar surface area (TPSA) is 69.4 Å². The van der Waals surface area contributed by atoms with Gasteiger partial charge in [-0.15, -0.1) is 0 Å².